The number of hydrogen-bond donors (Lipinski definition) is 0. The van der Waals surface area contributed by atoms with Crippen LogP contribution in [0.5, 0.6) is 0 Å². The number of rotatable bonds is 4. The molecule has 0 aromatic carbocycles. The van der Waals surface area contributed by atoms with Gasteiger partial charge in [0.1, 0.15) is 11.7 Å². The Morgan fingerprint density at radius 1 is 1.33 bits per heavy atom. The van der Waals surface area contributed by atoms with Gasteiger partial charge in [-0.1, -0.05) is 0 Å². The molecule has 0 aliphatic carbocycles. The molecule has 6 nitrogen and oxygen atoms in total. The van der Waals surface area contributed by atoms with Crippen LogP contribution in [0.2, 0.25) is 0 Å². The van der Waals surface area contributed by atoms with Crippen molar-refractivity contribution >= 4 is 12.4 Å². The number of carbonyl (C=O) groups is 2. The Balaban J connectivity index is 2.76. The van der Waals surface area contributed by atoms with Gasteiger partial charge in [-0.2, -0.15) is 0 Å². The Morgan fingerprint density at radius 3 is 2.44 bits per heavy atom. The zero-order valence-electron chi connectivity index (χ0n) is 10.8. The van der Waals surface area contributed by atoms with E-state index < -0.39 is 17.7 Å². The van der Waals surface area contributed by atoms with Crippen LogP contribution in [0.1, 0.15) is 50.0 Å². The van der Waals surface area contributed by atoms with Crippen LogP contribution in [-0.2, 0) is 14.3 Å². The first-order valence-corrected chi connectivity index (χ1v) is 5.48. The van der Waals surface area contributed by atoms with Crippen LogP contribution in [0.25, 0.3) is 0 Å². The molecule has 1 rings (SSSR count). The summed E-state index contributed by atoms with van der Waals surface area (Å²) in [6, 6.07) is 0. The summed E-state index contributed by atoms with van der Waals surface area (Å²) in [7, 11) is 0. The second-order valence-electron chi connectivity index (χ2n) is 4.70. The minimum absolute atomic E-state index is 0.118. The first kappa shape index (κ1) is 14.1. The zero-order valence-corrected chi connectivity index (χ0v) is 10.8. The minimum atomic E-state index is -0.578. The average Bonchev–Trinajstić information content (AvgIpc) is 2.27. The lowest BCUT2D eigenvalue weighted by atomic mass is 10.2. The molecule has 98 valence electrons. The molecule has 0 bridgehead atoms. The highest BCUT2D eigenvalue weighted by Gasteiger charge is 2.19. The lowest BCUT2D eigenvalue weighted by molar-refractivity contribution is -0.133. The minimum Gasteiger partial charge on any atom is -0.458 e. The molecule has 18 heavy (non-hydrogen) atoms. The van der Waals surface area contributed by atoms with Gasteiger partial charge < -0.3 is 9.47 Å². The van der Waals surface area contributed by atoms with E-state index in [2.05, 4.69) is 9.97 Å². The number of esters is 1. The van der Waals surface area contributed by atoms with E-state index in [0.29, 0.717) is 12.2 Å². The summed E-state index contributed by atoms with van der Waals surface area (Å²) in [5, 5.41) is 0. The summed E-state index contributed by atoms with van der Waals surface area (Å²) < 4.78 is 9.85. The predicted molar refractivity (Wildman–Crippen MR) is 62.8 cm³/mol. The molecule has 0 amide bonds. The summed E-state index contributed by atoms with van der Waals surface area (Å²) >= 11 is 0. The lowest BCUT2D eigenvalue weighted by Gasteiger charge is -2.19. The fourth-order valence-electron chi connectivity index (χ4n) is 1.14. The van der Waals surface area contributed by atoms with E-state index >= 15 is 0 Å². The van der Waals surface area contributed by atoms with Crippen molar-refractivity contribution < 1.29 is 19.1 Å². The van der Waals surface area contributed by atoms with Crippen LogP contribution in [-0.4, -0.2) is 28.0 Å². The molecule has 0 N–H and O–H groups in total. The van der Waals surface area contributed by atoms with Crippen molar-refractivity contribution in [1.82, 2.24) is 9.97 Å². The Morgan fingerprint density at radius 2 is 2.00 bits per heavy atom. The molecule has 1 aromatic heterocycles. The molecule has 0 aliphatic heterocycles. The number of nitrogens with zero attached hydrogens (tertiary/aromatic N) is 2. The van der Waals surface area contributed by atoms with E-state index in [1.807, 2.05) is 0 Å². The van der Waals surface area contributed by atoms with Crippen molar-refractivity contribution in [3.8, 4) is 0 Å². The van der Waals surface area contributed by atoms with Crippen LogP contribution in [0.4, 0.5) is 0 Å². The highest BCUT2D eigenvalue weighted by Crippen LogP contribution is 2.13. The third-order valence-electron chi connectivity index (χ3n) is 1.96. The molecule has 0 spiro atoms. The summed E-state index contributed by atoms with van der Waals surface area (Å²) in [6.45, 7) is 7.31. The molecule has 6 heteroatoms. The monoisotopic (exact) mass is 252 g/mol. The fraction of sp³-hybridized carbons (Fsp3) is 0.500. The molecular weight excluding hydrogens is 236 g/mol. The van der Waals surface area contributed by atoms with Gasteiger partial charge in [0.2, 0.25) is 0 Å². The molecule has 1 atom stereocenters. The largest absolute Gasteiger partial charge is 0.458 e. The molecule has 0 fully saturated rings. The van der Waals surface area contributed by atoms with Crippen molar-refractivity contribution in [1.29, 1.82) is 0 Å². The quantitative estimate of drug-likeness (QED) is 0.599. The Bertz CT molecular complexity index is 423. The molecule has 0 saturated carbocycles. The van der Waals surface area contributed by atoms with Gasteiger partial charge in [0, 0.05) is 0 Å². The fourth-order valence-corrected chi connectivity index (χ4v) is 1.14. The van der Waals surface area contributed by atoms with E-state index in [9.17, 15) is 9.59 Å². The van der Waals surface area contributed by atoms with Crippen LogP contribution < -0.4 is 0 Å². The van der Waals surface area contributed by atoms with E-state index in [4.69, 9.17) is 9.47 Å². The Hall–Kier alpha value is -1.98. The predicted octanol–water partition coefficient (Wildman–Crippen LogP) is 1.67. The van der Waals surface area contributed by atoms with Gasteiger partial charge in [0.15, 0.2) is 5.69 Å². The molecule has 0 radical (unpaired) electrons. The maximum absolute atomic E-state index is 11.7. The van der Waals surface area contributed by atoms with Crippen molar-refractivity contribution in [3.63, 3.8) is 0 Å². The summed E-state index contributed by atoms with van der Waals surface area (Å²) in [5.74, 6) is -0.537. The van der Waals surface area contributed by atoms with Crippen molar-refractivity contribution in [2.45, 2.75) is 39.4 Å². The smallest absolute Gasteiger partial charge is 0.359 e. The molecule has 0 aliphatic rings. The highest BCUT2D eigenvalue weighted by molar-refractivity contribution is 5.87. The van der Waals surface area contributed by atoms with Gasteiger partial charge in [-0.3, -0.25) is 9.78 Å². The van der Waals surface area contributed by atoms with Crippen molar-refractivity contribution in [2.75, 3.05) is 0 Å². The standard InChI is InChI=1S/C12H16N2O4/c1-8(17-7-15)9-5-14-10(6-13-9)11(16)18-12(2,3)4/h5-8H,1-4H3. The average molecular weight is 252 g/mol. The first-order chi connectivity index (χ1) is 8.33. The van der Waals surface area contributed by atoms with E-state index in [0.717, 1.165) is 0 Å². The van der Waals surface area contributed by atoms with Crippen LogP contribution >= 0.6 is 0 Å². The first-order valence-electron chi connectivity index (χ1n) is 5.48. The number of carbonyl (C=O) groups excluding carboxylic acids is 2. The van der Waals surface area contributed by atoms with E-state index in [1.54, 1.807) is 27.7 Å². The summed E-state index contributed by atoms with van der Waals surface area (Å²) in [4.78, 5) is 29.8. The van der Waals surface area contributed by atoms with Gasteiger partial charge >= 0.3 is 5.97 Å². The Labute approximate surface area is 105 Å². The third kappa shape index (κ3) is 4.12. The number of ether oxygens (including phenoxy) is 2. The Kier molecular flexibility index (Phi) is 4.36. The summed E-state index contributed by atoms with van der Waals surface area (Å²) in [5.41, 5.74) is 0.00660. The SMILES string of the molecule is CC(OC=O)c1cnc(C(=O)OC(C)(C)C)cn1. The molecule has 1 aromatic rings. The molecular formula is C12H16N2O4. The maximum Gasteiger partial charge on any atom is 0.359 e. The third-order valence-corrected chi connectivity index (χ3v) is 1.96. The van der Waals surface area contributed by atoms with E-state index in [-0.39, 0.29) is 5.69 Å². The summed E-state index contributed by atoms with van der Waals surface area (Å²) in [6.07, 6.45) is 2.18. The number of aromatic nitrogens is 2. The lowest BCUT2D eigenvalue weighted by Crippen LogP contribution is -2.24. The second kappa shape index (κ2) is 5.57. The zero-order chi connectivity index (χ0) is 13.8. The van der Waals surface area contributed by atoms with Gasteiger partial charge in [-0.15, -0.1) is 0 Å². The topological polar surface area (TPSA) is 78.4 Å². The van der Waals surface area contributed by atoms with Gasteiger partial charge in [-0.25, -0.2) is 9.78 Å². The van der Waals surface area contributed by atoms with Crippen molar-refractivity contribution in [2.24, 2.45) is 0 Å². The van der Waals surface area contributed by atoms with Crippen LogP contribution in [0.15, 0.2) is 12.4 Å². The second-order valence-corrected chi connectivity index (χ2v) is 4.70. The molecule has 1 heterocycles. The van der Waals surface area contributed by atoms with Crippen LogP contribution in [0.3, 0.4) is 0 Å². The van der Waals surface area contributed by atoms with Gasteiger partial charge in [0.05, 0.1) is 18.1 Å². The molecule has 1 unspecified atom stereocenters. The van der Waals surface area contributed by atoms with Gasteiger partial charge in [0.25, 0.3) is 6.47 Å². The highest BCUT2D eigenvalue weighted by atomic mass is 16.6. The van der Waals surface area contributed by atoms with Gasteiger partial charge in [-0.05, 0) is 27.7 Å². The van der Waals surface area contributed by atoms with Crippen LogP contribution in [0, 0.1) is 0 Å². The molecule has 0 saturated heterocycles. The van der Waals surface area contributed by atoms with E-state index in [1.165, 1.54) is 12.4 Å². The normalized spacial score (nSPS) is 12.7. The number of hydrogen-bond acceptors (Lipinski definition) is 6. The maximum atomic E-state index is 11.7. The van der Waals surface area contributed by atoms with Crippen molar-refractivity contribution in [3.05, 3.63) is 23.8 Å².